The van der Waals surface area contributed by atoms with Crippen molar-refractivity contribution in [3.63, 3.8) is 0 Å². The van der Waals surface area contributed by atoms with Gasteiger partial charge in [0.25, 0.3) is 0 Å². The summed E-state index contributed by atoms with van der Waals surface area (Å²) in [5, 5.41) is 12.2. The molecule has 8 nitrogen and oxygen atoms in total. The standard InChI is InChI=1S/C46H35ClN2O6/c1-26-10-8-17-35(40(26)50)39-33-22-23-34-38(44(54)48(42(34)52)31-20-18-28(19-21-31)41(51)27-11-4-2-5-12-27)36(33)25-37-43(53)49(32-16-9-15-30(47)24-32)45(55)46(37,39)29-13-6-3-7-14-29/h2-22,24,34,36-39,50H,23,25H2,1H3. The van der Waals surface area contributed by atoms with Crippen molar-refractivity contribution in [2.75, 3.05) is 9.80 Å². The van der Waals surface area contributed by atoms with Gasteiger partial charge in [0.05, 0.1) is 34.5 Å². The molecule has 0 spiro atoms. The van der Waals surface area contributed by atoms with Gasteiger partial charge < -0.3 is 5.11 Å². The number of hydrogen-bond acceptors (Lipinski definition) is 6. The summed E-state index contributed by atoms with van der Waals surface area (Å²) < 4.78 is 0. The Morgan fingerprint density at radius 3 is 2.09 bits per heavy atom. The number of para-hydroxylation sites is 1. The van der Waals surface area contributed by atoms with E-state index < -0.39 is 52.7 Å². The lowest BCUT2D eigenvalue weighted by molar-refractivity contribution is -0.127. The van der Waals surface area contributed by atoms with Crippen molar-refractivity contribution < 1.29 is 29.1 Å². The van der Waals surface area contributed by atoms with Crippen LogP contribution in [0.2, 0.25) is 5.02 Å². The van der Waals surface area contributed by atoms with Crippen LogP contribution < -0.4 is 9.80 Å². The second-order valence-electron chi connectivity index (χ2n) is 14.9. The molecule has 1 N–H and O–H groups in total. The second kappa shape index (κ2) is 13.0. The molecule has 9 rings (SSSR count). The molecule has 4 aliphatic rings. The molecular formula is C46H35ClN2O6. The number of rotatable bonds is 6. The third-order valence-corrected chi connectivity index (χ3v) is 12.4. The molecule has 55 heavy (non-hydrogen) atoms. The summed E-state index contributed by atoms with van der Waals surface area (Å²) in [6.45, 7) is 1.78. The van der Waals surface area contributed by atoms with Crippen LogP contribution in [0.1, 0.15) is 51.4 Å². The molecule has 6 atom stereocenters. The highest BCUT2D eigenvalue weighted by Crippen LogP contribution is 2.65. The number of allylic oxidation sites excluding steroid dienone is 2. The van der Waals surface area contributed by atoms with Crippen LogP contribution in [0.5, 0.6) is 5.75 Å². The number of carbonyl (C=O) groups excluding carboxylic acids is 5. The fourth-order valence-electron chi connectivity index (χ4n) is 9.78. The highest BCUT2D eigenvalue weighted by molar-refractivity contribution is 6.32. The van der Waals surface area contributed by atoms with E-state index in [9.17, 15) is 24.3 Å². The smallest absolute Gasteiger partial charge is 0.246 e. The van der Waals surface area contributed by atoms with Gasteiger partial charge in [-0.25, -0.2) is 4.90 Å². The summed E-state index contributed by atoms with van der Waals surface area (Å²) in [7, 11) is 0. The van der Waals surface area contributed by atoms with E-state index in [1.807, 2.05) is 48.5 Å². The molecule has 0 aromatic heterocycles. The summed E-state index contributed by atoms with van der Waals surface area (Å²) in [6.07, 6.45) is 2.33. The minimum Gasteiger partial charge on any atom is -0.507 e. The number of carbonyl (C=O) groups is 5. The van der Waals surface area contributed by atoms with E-state index in [2.05, 4.69) is 0 Å². The topological polar surface area (TPSA) is 112 Å². The van der Waals surface area contributed by atoms with Crippen LogP contribution >= 0.6 is 11.6 Å². The van der Waals surface area contributed by atoms with Crippen LogP contribution in [-0.2, 0) is 24.6 Å². The molecule has 5 aromatic rings. The molecule has 2 heterocycles. The van der Waals surface area contributed by atoms with Crippen molar-refractivity contribution in [1.29, 1.82) is 0 Å². The molecule has 0 radical (unpaired) electrons. The summed E-state index contributed by atoms with van der Waals surface area (Å²) in [5.41, 5.74) is 2.61. The number of phenols is 1. The predicted molar refractivity (Wildman–Crippen MR) is 208 cm³/mol. The van der Waals surface area contributed by atoms with Gasteiger partial charge in [-0.05, 0) is 79.3 Å². The first-order valence-electron chi connectivity index (χ1n) is 18.4. The maximum absolute atomic E-state index is 15.4. The first kappa shape index (κ1) is 34.6. The number of nitrogens with zero attached hydrogens (tertiary/aromatic N) is 2. The molecule has 0 bridgehead atoms. The fourth-order valence-corrected chi connectivity index (χ4v) is 9.96. The van der Waals surface area contributed by atoms with Crippen LogP contribution in [0, 0.1) is 30.6 Å². The molecule has 272 valence electrons. The lowest BCUT2D eigenvalue weighted by Gasteiger charge is -2.50. The zero-order chi connectivity index (χ0) is 38.2. The number of amides is 4. The maximum atomic E-state index is 15.4. The Morgan fingerprint density at radius 2 is 1.38 bits per heavy atom. The molecule has 2 aliphatic carbocycles. The zero-order valence-electron chi connectivity index (χ0n) is 29.8. The first-order chi connectivity index (χ1) is 26.6. The third-order valence-electron chi connectivity index (χ3n) is 12.2. The van der Waals surface area contributed by atoms with Crippen molar-refractivity contribution in [2.45, 2.75) is 31.1 Å². The van der Waals surface area contributed by atoms with Gasteiger partial charge in [0.1, 0.15) is 5.75 Å². The molecule has 6 unspecified atom stereocenters. The molecular weight excluding hydrogens is 712 g/mol. The predicted octanol–water partition coefficient (Wildman–Crippen LogP) is 7.95. The number of benzene rings is 5. The Balaban J connectivity index is 1.18. The number of aromatic hydroxyl groups is 1. The average Bonchev–Trinajstić information content (AvgIpc) is 3.60. The number of halogens is 1. The van der Waals surface area contributed by atoms with E-state index in [4.69, 9.17) is 11.6 Å². The Bertz CT molecular complexity index is 2460. The number of imide groups is 2. The molecule has 9 heteroatoms. The number of phenolic OH excluding ortho intramolecular Hbond substituents is 1. The van der Waals surface area contributed by atoms with Crippen LogP contribution in [0.4, 0.5) is 11.4 Å². The summed E-state index contributed by atoms with van der Waals surface area (Å²) in [5.74, 6) is -5.69. The van der Waals surface area contributed by atoms with Crippen molar-refractivity contribution in [3.8, 4) is 5.75 Å². The third kappa shape index (κ3) is 5.08. The molecule has 5 aromatic carbocycles. The SMILES string of the molecule is Cc1cccc(C2C3=CCC4C(=O)N(c5ccc(C(=O)c6ccccc6)cc5)C(=O)C4C3CC3C(=O)N(c4cccc(Cl)c4)C(=O)C32c2ccccc2)c1O. The monoisotopic (exact) mass is 746 g/mol. The summed E-state index contributed by atoms with van der Waals surface area (Å²) >= 11 is 6.41. The van der Waals surface area contributed by atoms with Crippen LogP contribution in [0.15, 0.2) is 139 Å². The van der Waals surface area contributed by atoms with E-state index >= 15 is 4.79 Å². The van der Waals surface area contributed by atoms with Crippen LogP contribution in [0.3, 0.4) is 0 Å². The lowest BCUT2D eigenvalue weighted by Crippen LogP contribution is -2.53. The number of fused-ring (bicyclic) bond motifs is 4. The zero-order valence-corrected chi connectivity index (χ0v) is 30.5. The number of anilines is 2. The van der Waals surface area contributed by atoms with Crippen molar-refractivity contribution in [2.24, 2.45) is 23.7 Å². The Morgan fingerprint density at radius 1 is 0.709 bits per heavy atom. The lowest BCUT2D eigenvalue weighted by atomic mass is 9.49. The highest BCUT2D eigenvalue weighted by Gasteiger charge is 2.70. The fraction of sp³-hybridized carbons (Fsp3) is 0.196. The number of ketones is 1. The molecule has 4 amide bonds. The Kier molecular flexibility index (Phi) is 8.20. The van der Waals surface area contributed by atoms with E-state index in [-0.39, 0.29) is 30.3 Å². The van der Waals surface area contributed by atoms with E-state index in [1.165, 1.54) is 9.80 Å². The van der Waals surface area contributed by atoms with Gasteiger partial charge in [0.15, 0.2) is 5.78 Å². The minimum absolute atomic E-state index is 0.00674. The highest BCUT2D eigenvalue weighted by atomic mass is 35.5. The van der Waals surface area contributed by atoms with E-state index in [1.54, 1.807) is 91.9 Å². The minimum atomic E-state index is -1.49. The quantitative estimate of drug-likeness (QED) is 0.107. The van der Waals surface area contributed by atoms with Gasteiger partial charge in [-0.1, -0.05) is 108 Å². The van der Waals surface area contributed by atoms with E-state index in [0.29, 0.717) is 44.2 Å². The largest absolute Gasteiger partial charge is 0.507 e. The molecule has 3 fully saturated rings. The Hall–Kier alpha value is -6.12. The van der Waals surface area contributed by atoms with Crippen LogP contribution in [0.25, 0.3) is 0 Å². The van der Waals surface area contributed by atoms with Crippen LogP contribution in [-0.4, -0.2) is 34.5 Å². The van der Waals surface area contributed by atoms with Gasteiger partial charge in [0.2, 0.25) is 23.6 Å². The molecule has 2 aliphatic heterocycles. The summed E-state index contributed by atoms with van der Waals surface area (Å²) in [6, 6.07) is 36.6. The Labute approximate surface area is 322 Å². The van der Waals surface area contributed by atoms with Crippen molar-refractivity contribution in [1.82, 2.24) is 0 Å². The average molecular weight is 747 g/mol. The first-order valence-corrected chi connectivity index (χ1v) is 18.8. The number of aryl methyl sites for hydroxylation is 1. The summed E-state index contributed by atoms with van der Waals surface area (Å²) in [4.78, 5) is 74.8. The van der Waals surface area contributed by atoms with Gasteiger partial charge in [-0.3, -0.25) is 28.9 Å². The normalized spacial score (nSPS) is 25.7. The van der Waals surface area contributed by atoms with E-state index in [0.717, 1.165) is 5.57 Å². The van der Waals surface area contributed by atoms with Gasteiger partial charge in [-0.15, -0.1) is 0 Å². The number of hydrogen-bond donors (Lipinski definition) is 1. The molecule has 1 saturated carbocycles. The second-order valence-corrected chi connectivity index (χ2v) is 15.3. The van der Waals surface area contributed by atoms with Gasteiger partial charge >= 0.3 is 0 Å². The maximum Gasteiger partial charge on any atom is 0.246 e. The van der Waals surface area contributed by atoms with Crippen molar-refractivity contribution >= 4 is 52.4 Å². The van der Waals surface area contributed by atoms with Gasteiger partial charge in [-0.2, -0.15) is 0 Å². The van der Waals surface area contributed by atoms with Crippen molar-refractivity contribution in [3.05, 3.63) is 172 Å². The van der Waals surface area contributed by atoms with Gasteiger partial charge in [0, 0.05) is 27.6 Å². The molecule has 2 saturated heterocycles.